The van der Waals surface area contributed by atoms with Crippen LogP contribution in [0.4, 0.5) is 0 Å². The number of rotatable bonds is 11. The first kappa shape index (κ1) is 24.2. The van der Waals surface area contributed by atoms with Crippen LogP contribution in [0.15, 0.2) is 42.5 Å². The van der Waals surface area contributed by atoms with Gasteiger partial charge in [-0.15, -0.1) is 0 Å². The first-order valence-corrected chi connectivity index (χ1v) is 10.9. The van der Waals surface area contributed by atoms with Gasteiger partial charge in [0.15, 0.2) is 11.5 Å². The third-order valence-electron chi connectivity index (χ3n) is 5.94. The highest BCUT2D eigenvalue weighted by atomic mass is 16.5. The molecule has 2 aromatic carbocycles. The molecule has 0 aliphatic rings. The Kier molecular flexibility index (Phi) is 8.01. The van der Waals surface area contributed by atoms with Crippen LogP contribution in [-0.4, -0.2) is 43.5 Å². The molecule has 0 fully saturated rings. The number of ether oxygens (including phenoxy) is 3. The molecule has 0 bridgehead atoms. The molecule has 0 spiro atoms. The van der Waals surface area contributed by atoms with E-state index in [1.54, 1.807) is 21.3 Å². The van der Waals surface area contributed by atoms with Gasteiger partial charge in [0.1, 0.15) is 5.75 Å². The summed E-state index contributed by atoms with van der Waals surface area (Å²) in [6.07, 6.45) is 0.783. The lowest BCUT2D eigenvalue weighted by Gasteiger charge is -2.12. The van der Waals surface area contributed by atoms with E-state index in [-0.39, 0.29) is 0 Å². The molecule has 2 N–H and O–H groups in total. The van der Waals surface area contributed by atoms with E-state index < -0.39 is 5.97 Å². The number of methoxy groups -OCH3 is 3. The second-order valence-electron chi connectivity index (χ2n) is 7.88. The molecule has 176 valence electrons. The van der Waals surface area contributed by atoms with Crippen molar-refractivity contribution in [1.82, 2.24) is 9.88 Å². The molecule has 1 heterocycles. The molecule has 7 nitrogen and oxygen atoms in total. The number of aromatic carboxylic acids is 1. The fourth-order valence-corrected chi connectivity index (χ4v) is 4.12. The monoisotopic (exact) mass is 452 g/mol. The van der Waals surface area contributed by atoms with Crippen molar-refractivity contribution >= 4 is 5.97 Å². The van der Waals surface area contributed by atoms with Crippen molar-refractivity contribution in [1.29, 1.82) is 0 Å². The zero-order valence-electron chi connectivity index (χ0n) is 19.9. The van der Waals surface area contributed by atoms with Crippen LogP contribution in [0.3, 0.4) is 0 Å². The van der Waals surface area contributed by atoms with E-state index in [1.165, 1.54) is 0 Å². The molecule has 33 heavy (non-hydrogen) atoms. The van der Waals surface area contributed by atoms with Crippen LogP contribution in [0.1, 0.15) is 38.4 Å². The average Bonchev–Trinajstić information content (AvgIpc) is 3.06. The van der Waals surface area contributed by atoms with E-state index >= 15 is 0 Å². The predicted octanol–water partition coefficient (Wildman–Crippen LogP) is 4.21. The Morgan fingerprint density at radius 1 is 0.939 bits per heavy atom. The van der Waals surface area contributed by atoms with Gasteiger partial charge in [-0.1, -0.05) is 18.2 Å². The number of aromatic nitrogens is 1. The maximum atomic E-state index is 12.1. The highest BCUT2D eigenvalue weighted by molar-refractivity contribution is 5.91. The first-order chi connectivity index (χ1) is 15.9. The van der Waals surface area contributed by atoms with Gasteiger partial charge < -0.3 is 29.2 Å². The van der Waals surface area contributed by atoms with Crippen LogP contribution in [0, 0.1) is 13.8 Å². The molecule has 3 rings (SSSR count). The molecule has 3 aromatic rings. The van der Waals surface area contributed by atoms with E-state index in [0.717, 1.165) is 40.2 Å². The number of carboxylic acids is 1. The molecule has 1 aromatic heterocycles. The number of benzene rings is 2. The third-order valence-corrected chi connectivity index (χ3v) is 5.94. The van der Waals surface area contributed by atoms with Gasteiger partial charge in [0.2, 0.25) is 0 Å². The zero-order valence-corrected chi connectivity index (χ0v) is 19.9. The lowest BCUT2D eigenvalue weighted by Crippen LogP contribution is -2.18. The Morgan fingerprint density at radius 2 is 1.70 bits per heavy atom. The van der Waals surface area contributed by atoms with Gasteiger partial charge in [-0.2, -0.15) is 0 Å². The molecule has 0 saturated carbocycles. The molecule has 7 heteroatoms. The van der Waals surface area contributed by atoms with Crippen LogP contribution in [0.5, 0.6) is 17.2 Å². The van der Waals surface area contributed by atoms with Crippen LogP contribution < -0.4 is 19.5 Å². The van der Waals surface area contributed by atoms with Gasteiger partial charge in [0.05, 0.1) is 26.9 Å². The van der Waals surface area contributed by atoms with Crippen molar-refractivity contribution in [3.63, 3.8) is 0 Å². The SMILES string of the molecule is COc1cccc(Cn2c(C)c(CNCCc3ccc(OC)c(OC)c3)c(C(=O)O)c2C)c1. The third kappa shape index (κ3) is 5.49. The summed E-state index contributed by atoms with van der Waals surface area (Å²) in [6, 6.07) is 13.7. The molecule has 0 unspecified atom stereocenters. The minimum Gasteiger partial charge on any atom is -0.497 e. The molecule has 0 radical (unpaired) electrons. The largest absolute Gasteiger partial charge is 0.497 e. The van der Waals surface area contributed by atoms with E-state index in [4.69, 9.17) is 14.2 Å². The molecule has 0 aliphatic heterocycles. The number of hydrogen-bond acceptors (Lipinski definition) is 5. The van der Waals surface area contributed by atoms with Crippen LogP contribution in [-0.2, 0) is 19.5 Å². The Labute approximate surface area is 194 Å². The lowest BCUT2D eigenvalue weighted by molar-refractivity contribution is 0.0694. The summed E-state index contributed by atoms with van der Waals surface area (Å²) in [6.45, 7) is 5.61. The minimum atomic E-state index is -0.906. The summed E-state index contributed by atoms with van der Waals surface area (Å²) in [7, 11) is 4.87. The lowest BCUT2D eigenvalue weighted by atomic mass is 10.1. The summed E-state index contributed by atoms with van der Waals surface area (Å²) in [4.78, 5) is 12.1. The second kappa shape index (κ2) is 10.9. The summed E-state index contributed by atoms with van der Waals surface area (Å²) in [5, 5.41) is 13.3. The van der Waals surface area contributed by atoms with Crippen LogP contribution >= 0.6 is 0 Å². The van der Waals surface area contributed by atoms with E-state index in [0.29, 0.717) is 36.7 Å². The van der Waals surface area contributed by atoms with Gasteiger partial charge in [0, 0.05) is 30.0 Å². The van der Waals surface area contributed by atoms with Crippen LogP contribution in [0.25, 0.3) is 0 Å². The number of carboxylic acid groups (broad SMARTS) is 1. The fraction of sp³-hybridized carbons (Fsp3) is 0.346. The summed E-state index contributed by atoms with van der Waals surface area (Å²) in [5.41, 5.74) is 5.05. The average molecular weight is 453 g/mol. The molecule has 0 atom stereocenters. The van der Waals surface area contributed by atoms with Crippen molar-refractivity contribution < 1.29 is 24.1 Å². The maximum Gasteiger partial charge on any atom is 0.337 e. The van der Waals surface area contributed by atoms with Gasteiger partial charge in [-0.3, -0.25) is 0 Å². The topological polar surface area (TPSA) is 82.0 Å². The summed E-state index contributed by atoms with van der Waals surface area (Å²) in [5.74, 6) is 1.27. The van der Waals surface area contributed by atoms with Gasteiger partial charge in [-0.05, 0) is 62.2 Å². The van der Waals surface area contributed by atoms with Gasteiger partial charge in [-0.25, -0.2) is 4.79 Å². The standard InChI is InChI=1S/C26H32N2O5/c1-17-22(15-27-12-11-19-9-10-23(32-4)24(14-19)33-5)25(26(29)30)18(2)28(17)16-20-7-6-8-21(13-20)31-3/h6-10,13-14,27H,11-12,15-16H2,1-5H3,(H,29,30). The van der Waals surface area contributed by atoms with Crippen LogP contribution in [0.2, 0.25) is 0 Å². The second-order valence-corrected chi connectivity index (χ2v) is 7.88. The fourth-order valence-electron chi connectivity index (χ4n) is 4.12. The normalized spacial score (nSPS) is 10.8. The number of hydrogen-bond donors (Lipinski definition) is 2. The quantitative estimate of drug-likeness (QED) is 0.424. The number of nitrogens with one attached hydrogen (secondary N) is 1. The van der Waals surface area contributed by atoms with E-state index in [9.17, 15) is 9.90 Å². The zero-order chi connectivity index (χ0) is 24.0. The van der Waals surface area contributed by atoms with Gasteiger partial charge in [0.25, 0.3) is 0 Å². The predicted molar refractivity (Wildman–Crippen MR) is 128 cm³/mol. The Hall–Kier alpha value is -3.45. The number of carbonyl (C=O) groups is 1. The summed E-state index contributed by atoms with van der Waals surface area (Å²) < 4.78 is 18.0. The first-order valence-electron chi connectivity index (χ1n) is 10.9. The van der Waals surface area contributed by atoms with Crippen molar-refractivity contribution in [3.05, 3.63) is 76.1 Å². The molecule has 0 aliphatic carbocycles. The summed E-state index contributed by atoms with van der Waals surface area (Å²) >= 11 is 0. The maximum absolute atomic E-state index is 12.1. The smallest absolute Gasteiger partial charge is 0.337 e. The number of nitrogens with zero attached hydrogens (tertiary/aromatic N) is 1. The molecular formula is C26H32N2O5. The van der Waals surface area contributed by atoms with Gasteiger partial charge >= 0.3 is 5.97 Å². The molecular weight excluding hydrogens is 420 g/mol. The Morgan fingerprint density at radius 3 is 2.36 bits per heavy atom. The van der Waals surface area contributed by atoms with Crippen molar-refractivity contribution in [2.75, 3.05) is 27.9 Å². The van der Waals surface area contributed by atoms with Crippen molar-refractivity contribution in [2.24, 2.45) is 0 Å². The highest BCUT2D eigenvalue weighted by Crippen LogP contribution is 2.28. The van der Waals surface area contributed by atoms with Crippen molar-refractivity contribution in [3.8, 4) is 17.2 Å². The minimum absolute atomic E-state index is 0.369. The Bertz CT molecular complexity index is 1120. The van der Waals surface area contributed by atoms with E-state index in [2.05, 4.69) is 9.88 Å². The highest BCUT2D eigenvalue weighted by Gasteiger charge is 2.22. The van der Waals surface area contributed by atoms with E-state index in [1.807, 2.05) is 56.3 Å². The molecule has 0 amide bonds. The Balaban J connectivity index is 1.73. The van der Waals surface area contributed by atoms with Crippen molar-refractivity contribution in [2.45, 2.75) is 33.4 Å². The molecule has 0 saturated heterocycles.